The van der Waals surface area contributed by atoms with Gasteiger partial charge in [-0.3, -0.25) is 0 Å². The molecule has 0 unspecified atom stereocenters. The third-order valence-corrected chi connectivity index (χ3v) is 0.273. The first-order valence-corrected chi connectivity index (χ1v) is 1.97. The summed E-state index contributed by atoms with van der Waals surface area (Å²) >= 11 is 1.45. The van der Waals surface area contributed by atoms with Crippen LogP contribution in [-0.2, 0) is 13.1 Å². The molecule has 0 aliphatic carbocycles. The highest BCUT2D eigenvalue weighted by atomic mass is 127. The molecule has 0 heterocycles. The Labute approximate surface area is 48.5 Å². The van der Waals surface area contributed by atoms with Gasteiger partial charge < -0.3 is 5.11 Å². The van der Waals surface area contributed by atoms with Crippen LogP contribution in [0.4, 0.5) is 0 Å². The average molecular weight is 206 g/mol. The van der Waals surface area contributed by atoms with Crippen molar-refractivity contribution in [1.82, 2.24) is 0 Å². The Morgan fingerprint density at radius 1 is 1.67 bits per heavy atom. The van der Waals surface area contributed by atoms with Gasteiger partial charge in [-0.25, -0.2) is 0 Å². The topological polar surface area (TPSA) is 47.9 Å². The smallest absolute Gasteiger partial charge is 0.181 e. The lowest BCUT2D eigenvalue weighted by Gasteiger charge is -1.87. The predicted molar refractivity (Wildman–Crippen MR) is 24.4 cm³/mol. The van der Waals surface area contributed by atoms with E-state index >= 15 is 0 Å². The summed E-state index contributed by atoms with van der Waals surface area (Å²) in [5.74, 6) is 0. The molecular formula is CH3IO4. The van der Waals surface area contributed by atoms with Gasteiger partial charge in [0.25, 0.3) is 0 Å². The molecular weight excluding hydrogens is 203 g/mol. The molecule has 0 spiro atoms. The summed E-state index contributed by atoms with van der Waals surface area (Å²) in [4.78, 5) is 3.81. The summed E-state index contributed by atoms with van der Waals surface area (Å²) < 4.78 is 3.87. The number of rotatable bonds is 3. The molecule has 0 saturated heterocycles. The zero-order valence-corrected chi connectivity index (χ0v) is 4.91. The normalized spacial score (nSPS) is 9.00. The maximum atomic E-state index is 7.77. The monoisotopic (exact) mass is 206 g/mol. The zero-order chi connectivity index (χ0) is 4.83. The van der Waals surface area contributed by atoms with Gasteiger partial charge in [0.1, 0.15) is 0 Å². The van der Waals surface area contributed by atoms with Crippen LogP contribution in [-0.4, -0.2) is 11.9 Å². The molecule has 0 bridgehead atoms. The van der Waals surface area contributed by atoms with Gasteiger partial charge >= 0.3 is 0 Å². The van der Waals surface area contributed by atoms with Crippen LogP contribution in [0.1, 0.15) is 0 Å². The fourth-order valence-corrected chi connectivity index (χ4v) is 0.144. The Kier molecular flexibility index (Phi) is 6.10. The van der Waals surface area contributed by atoms with Gasteiger partial charge in [0, 0.05) is 0 Å². The molecule has 6 heavy (non-hydrogen) atoms. The Morgan fingerprint density at radius 2 is 2.33 bits per heavy atom. The lowest BCUT2D eigenvalue weighted by atomic mass is 11.5. The maximum Gasteiger partial charge on any atom is 0.181 e. The van der Waals surface area contributed by atoms with Crippen LogP contribution in [0, 0.1) is 0 Å². The van der Waals surface area contributed by atoms with Crippen LogP contribution in [0.15, 0.2) is 0 Å². The summed E-state index contributed by atoms with van der Waals surface area (Å²) in [5, 5.41) is 11.5. The van der Waals surface area contributed by atoms with Gasteiger partial charge in [-0.05, 0) is 0 Å². The van der Waals surface area contributed by atoms with Gasteiger partial charge in [0.05, 0.1) is 0 Å². The largest absolute Gasteiger partial charge is 0.368 e. The number of hydrogen-bond acceptors (Lipinski definition) is 4. The molecule has 38 valence electrons. The second kappa shape index (κ2) is 5.57. The molecule has 0 aromatic heterocycles. The van der Waals surface area contributed by atoms with Crippen molar-refractivity contribution in [2.24, 2.45) is 0 Å². The van der Waals surface area contributed by atoms with Gasteiger partial charge in [0.15, 0.2) is 29.8 Å². The number of aliphatic hydroxyl groups is 1. The first kappa shape index (κ1) is 6.57. The molecule has 0 fully saturated rings. The molecule has 0 aromatic rings. The minimum atomic E-state index is -0.497. The number of halogens is 1. The van der Waals surface area contributed by atoms with E-state index in [4.69, 9.17) is 5.11 Å². The van der Waals surface area contributed by atoms with Gasteiger partial charge in [-0.2, -0.15) is 4.89 Å². The molecule has 0 atom stereocenters. The van der Waals surface area contributed by atoms with Crippen molar-refractivity contribution in [3.05, 3.63) is 0 Å². The van der Waals surface area contributed by atoms with Gasteiger partial charge in [0.2, 0.25) is 0 Å². The van der Waals surface area contributed by atoms with Crippen molar-refractivity contribution in [2.75, 3.05) is 6.79 Å². The summed E-state index contributed by atoms with van der Waals surface area (Å²) in [7, 11) is 0. The number of hydrogen-bond donors (Lipinski definition) is 1. The van der Waals surface area contributed by atoms with Crippen molar-refractivity contribution in [3.63, 3.8) is 0 Å². The second-order valence-corrected chi connectivity index (χ2v) is 0.738. The SMILES string of the molecule is OCOOOI. The summed E-state index contributed by atoms with van der Waals surface area (Å²) in [6.45, 7) is -0.497. The van der Waals surface area contributed by atoms with Gasteiger partial charge in [-0.15, -0.1) is 3.22 Å². The minimum absolute atomic E-state index is 0.497. The molecule has 1 N–H and O–H groups in total. The minimum Gasteiger partial charge on any atom is -0.368 e. The van der Waals surface area contributed by atoms with E-state index < -0.39 is 6.79 Å². The lowest BCUT2D eigenvalue weighted by molar-refractivity contribution is -0.465. The summed E-state index contributed by atoms with van der Waals surface area (Å²) in [5.41, 5.74) is 0. The molecule has 0 aliphatic heterocycles. The van der Waals surface area contributed by atoms with E-state index in [1.54, 1.807) is 0 Å². The Hall–Kier alpha value is 0.570. The third-order valence-electron chi connectivity index (χ3n) is 0.127. The average Bonchev–Trinajstić information content (AvgIpc) is 1.61. The summed E-state index contributed by atoms with van der Waals surface area (Å²) in [6.07, 6.45) is 0. The lowest BCUT2D eigenvalue weighted by Crippen LogP contribution is -1.89. The summed E-state index contributed by atoms with van der Waals surface area (Å²) in [6, 6.07) is 0. The van der Waals surface area contributed by atoms with Crippen molar-refractivity contribution < 1.29 is 18.2 Å². The van der Waals surface area contributed by atoms with E-state index in [-0.39, 0.29) is 0 Å². The van der Waals surface area contributed by atoms with Crippen LogP contribution in [0.2, 0.25) is 0 Å². The van der Waals surface area contributed by atoms with E-state index in [9.17, 15) is 0 Å². The van der Waals surface area contributed by atoms with Crippen LogP contribution < -0.4 is 0 Å². The molecule has 0 rings (SSSR count). The highest BCUT2D eigenvalue weighted by molar-refractivity contribution is 14.1. The molecule has 0 saturated carbocycles. The predicted octanol–water partition coefficient (Wildman–Crippen LogP) is 0.166. The van der Waals surface area contributed by atoms with E-state index in [1.165, 1.54) is 23.0 Å². The van der Waals surface area contributed by atoms with Crippen LogP contribution in [0.5, 0.6) is 0 Å². The Bertz CT molecular complexity index is 19.5. The fraction of sp³-hybridized carbons (Fsp3) is 1.00. The zero-order valence-electron chi connectivity index (χ0n) is 2.76. The fourth-order valence-electron chi connectivity index (χ4n) is 0.0397. The molecule has 0 aliphatic rings. The molecule has 0 radical (unpaired) electrons. The molecule has 5 heteroatoms. The third kappa shape index (κ3) is 4.57. The van der Waals surface area contributed by atoms with Crippen LogP contribution in [0.3, 0.4) is 0 Å². The number of aliphatic hydroxyl groups excluding tert-OH is 1. The van der Waals surface area contributed by atoms with Gasteiger partial charge in [-0.1, -0.05) is 5.04 Å². The highest BCUT2D eigenvalue weighted by Gasteiger charge is 1.75. The van der Waals surface area contributed by atoms with Crippen molar-refractivity contribution in [3.8, 4) is 0 Å². The van der Waals surface area contributed by atoms with E-state index in [0.29, 0.717) is 0 Å². The first-order chi connectivity index (χ1) is 2.91. The highest BCUT2D eigenvalue weighted by Crippen LogP contribution is 1.85. The van der Waals surface area contributed by atoms with E-state index in [2.05, 4.69) is 13.1 Å². The van der Waals surface area contributed by atoms with E-state index in [0.717, 1.165) is 0 Å². The van der Waals surface area contributed by atoms with Crippen molar-refractivity contribution in [1.29, 1.82) is 0 Å². The van der Waals surface area contributed by atoms with Crippen LogP contribution in [0.25, 0.3) is 0 Å². The first-order valence-electron chi connectivity index (χ1n) is 1.09. The van der Waals surface area contributed by atoms with Crippen molar-refractivity contribution >= 4 is 23.0 Å². The molecule has 0 amide bonds. The van der Waals surface area contributed by atoms with E-state index in [1.807, 2.05) is 0 Å². The standard InChI is InChI=1S/CH3IO4/c2-5-6-4-1-3/h3H,1H2. The second-order valence-electron chi connectivity index (χ2n) is 0.378. The Morgan fingerprint density at radius 3 is 2.50 bits per heavy atom. The molecule has 0 aromatic carbocycles. The molecule has 4 nitrogen and oxygen atoms in total. The quantitative estimate of drug-likeness (QED) is 0.235. The van der Waals surface area contributed by atoms with Crippen molar-refractivity contribution in [2.45, 2.75) is 0 Å². The maximum absolute atomic E-state index is 7.77. The van der Waals surface area contributed by atoms with Crippen LogP contribution >= 0.6 is 23.0 Å². The Balaban J connectivity index is 2.34.